The summed E-state index contributed by atoms with van der Waals surface area (Å²) < 4.78 is 0. The highest BCUT2D eigenvalue weighted by Gasteiger charge is 2.16. The number of rotatable bonds is 63. The maximum Gasteiger partial charge on any atom is 0.222 e. The minimum absolute atomic E-state index is 0.0154. The summed E-state index contributed by atoms with van der Waals surface area (Å²) in [6, 6.07) is 1.07. The number of hydrogen-bond donors (Lipinski definition) is 5. The average Bonchev–Trinajstić information content (AvgIpc) is 0.958. The zero-order valence-electron chi connectivity index (χ0n) is 73.1. The van der Waals surface area contributed by atoms with Crippen molar-refractivity contribution in [3.05, 3.63) is 0 Å². The first-order valence-electron chi connectivity index (χ1n) is 42.8. The Balaban J connectivity index is -0.000000286. The summed E-state index contributed by atoms with van der Waals surface area (Å²) in [4.78, 5) is 128. The predicted octanol–water partition coefficient (Wildman–Crippen LogP) is 15.0. The summed E-state index contributed by atoms with van der Waals surface area (Å²) in [6.45, 7) is 54.9. The quantitative estimate of drug-likeness (QED) is 0.0355. The Morgan fingerprint density at radius 2 is 0.528 bits per heavy atom. The zero-order chi connectivity index (χ0) is 81.6. The van der Waals surface area contributed by atoms with Crippen LogP contribution in [-0.2, 0) is 47.9 Å². The van der Waals surface area contributed by atoms with Crippen LogP contribution in [0, 0.1) is 5.92 Å². The molecule has 0 unspecified atom stereocenters. The van der Waals surface area contributed by atoms with Crippen LogP contribution < -0.4 is 26.6 Å². The number of carbonyl (C=O) groups excluding carboxylic acids is 10. The number of likely N-dealkylation sites (N-methyl/N-ethyl adjacent to an activating group) is 2. The highest BCUT2D eigenvalue weighted by Crippen LogP contribution is 2.10. The average molecular weight is 1510 g/mol. The molecule has 0 saturated carbocycles. The van der Waals surface area contributed by atoms with Crippen LogP contribution in [0.5, 0.6) is 0 Å². The SMILES string of the molecule is CCCC(=O)CCCCN(C)CCCCC(=O)CCC.CCCC(=O)NCCN(C(C)C)C(C)C.CCCC(=O)NCCN(CCNC(=O)CCC)C(=O)CCC.CCCCC(=O)CCCCN(C)CCCCC(=O)CCCC.CCCCC(=O)NCCN(CC)CC.CCN(CC)CCNC(=O)C(C)C. The van der Waals surface area contributed by atoms with Gasteiger partial charge in [0, 0.05) is 167 Å². The molecule has 0 rings (SSSR count). The second-order valence-electron chi connectivity index (χ2n) is 29.1. The van der Waals surface area contributed by atoms with Crippen molar-refractivity contribution in [1.29, 1.82) is 0 Å². The van der Waals surface area contributed by atoms with Gasteiger partial charge in [-0.3, -0.25) is 52.8 Å². The van der Waals surface area contributed by atoms with Crippen molar-refractivity contribution >= 4 is 58.6 Å². The smallest absolute Gasteiger partial charge is 0.222 e. The number of amides is 6. The third kappa shape index (κ3) is 83.3. The molecule has 0 aromatic carbocycles. The third-order valence-electron chi connectivity index (χ3n) is 17.9. The van der Waals surface area contributed by atoms with E-state index in [4.69, 9.17) is 0 Å². The number of carbonyl (C=O) groups is 10. The summed E-state index contributed by atoms with van der Waals surface area (Å²) in [5.41, 5.74) is 0. The summed E-state index contributed by atoms with van der Waals surface area (Å²) in [6.07, 6.45) is 28.9. The molecule has 0 aromatic heterocycles. The molecule has 0 saturated heterocycles. The minimum Gasteiger partial charge on any atom is -0.355 e. The van der Waals surface area contributed by atoms with E-state index >= 15 is 0 Å². The molecule has 0 aliphatic heterocycles. The number of unbranched alkanes of at least 4 members (excludes halogenated alkanes) is 7. The van der Waals surface area contributed by atoms with Gasteiger partial charge in [0.15, 0.2) is 0 Å². The standard InChI is InChI=1S/C19H37NO2.C17H33NO2.C16H31N3O3.C12H26N2O.C11H24N2O.C10H22N2O/c1-4-6-12-18(21)14-8-10-16-20(3)17-11-9-15-19(22)13-7-5-2;1-4-10-16(19)12-6-8-14-18(3)15-9-7-13-17(20)11-5-2;1-4-7-14(20)17-10-12-19(16(22)9-6-3)13-11-18-15(21)8-5-2;1-6-7-12(15)13-8-9-14(10(2)3)11(4)5;1-4-7-8-11(14)12-9-10-13(5-2)6-3;1-5-12(6-2)8-7-11-10(13)9(3)4/h4-17H2,1-3H3;4-15H2,1-3H3;4-13H2,1-3H3,(H,17,20)(H,18,21);10-11H,6-9H2,1-5H3,(H,13,15);4-10H2,1-3H3,(H,12,14);9H,5-8H2,1-4H3,(H,11,13). The lowest BCUT2D eigenvalue weighted by Crippen LogP contribution is -2.42. The molecular weight excluding hydrogens is 1340 g/mol. The molecule has 628 valence electrons. The highest BCUT2D eigenvalue weighted by molar-refractivity contribution is 5.80. The largest absolute Gasteiger partial charge is 0.355 e. The molecular formula is C85H173N11O10. The van der Waals surface area contributed by atoms with Gasteiger partial charge >= 0.3 is 0 Å². The predicted molar refractivity (Wildman–Crippen MR) is 447 cm³/mol. The Hall–Kier alpha value is -4.70. The van der Waals surface area contributed by atoms with Crippen LogP contribution in [0.1, 0.15) is 343 Å². The summed E-state index contributed by atoms with van der Waals surface area (Å²) in [7, 11) is 4.26. The molecule has 21 heteroatoms. The van der Waals surface area contributed by atoms with Crippen molar-refractivity contribution in [3.8, 4) is 0 Å². The van der Waals surface area contributed by atoms with Gasteiger partial charge < -0.3 is 51.1 Å². The molecule has 0 spiro atoms. The first-order valence-corrected chi connectivity index (χ1v) is 42.8. The number of hydrogen-bond acceptors (Lipinski definition) is 15. The van der Waals surface area contributed by atoms with E-state index in [-0.39, 0.29) is 41.4 Å². The van der Waals surface area contributed by atoms with Crippen LogP contribution in [0.2, 0.25) is 0 Å². The Labute approximate surface area is 652 Å². The van der Waals surface area contributed by atoms with Crippen LogP contribution in [0.4, 0.5) is 0 Å². The lowest BCUT2D eigenvalue weighted by molar-refractivity contribution is -0.132. The summed E-state index contributed by atoms with van der Waals surface area (Å²) in [5, 5.41) is 14.4. The molecule has 0 aliphatic rings. The lowest BCUT2D eigenvalue weighted by atomic mass is 10.1. The zero-order valence-corrected chi connectivity index (χ0v) is 73.1. The molecule has 21 nitrogen and oxygen atoms in total. The van der Waals surface area contributed by atoms with Gasteiger partial charge in [0.05, 0.1) is 0 Å². The molecule has 5 N–H and O–H groups in total. The Morgan fingerprint density at radius 1 is 0.264 bits per heavy atom. The second kappa shape index (κ2) is 84.3. The first kappa shape index (κ1) is 112. The van der Waals surface area contributed by atoms with Crippen LogP contribution in [0.25, 0.3) is 0 Å². The van der Waals surface area contributed by atoms with Crippen molar-refractivity contribution in [2.24, 2.45) is 5.92 Å². The van der Waals surface area contributed by atoms with Gasteiger partial charge in [-0.25, -0.2) is 0 Å². The van der Waals surface area contributed by atoms with Gasteiger partial charge in [-0.2, -0.15) is 0 Å². The topological polar surface area (TPSA) is 250 Å². The van der Waals surface area contributed by atoms with Gasteiger partial charge in [-0.15, -0.1) is 0 Å². The molecule has 0 aliphatic carbocycles. The van der Waals surface area contributed by atoms with Crippen molar-refractivity contribution in [2.45, 2.75) is 356 Å². The molecule has 0 atom stereocenters. The lowest BCUT2D eigenvalue weighted by Gasteiger charge is -2.30. The normalized spacial score (nSPS) is 10.8. The van der Waals surface area contributed by atoms with Crippen LogP contribution >= 0.6 is 0 Å². The number of nitrogens with zero attached hydrogens (tertiary/aromatic N) is 6. The molecule has 0 bridgehead atoms. The van der Waals surface area contributed by atoms with E-state index < -0.39 is 0 Å². The monoisotopic (exact) mass is 1510 g/mol. The van der Waals surface area contributed by atoms with Crippen LogP contribution in [-0.4, -0.2) is 232 Å². The van der Waals surface area contributed by atoms with Crippen molar-refractivity contribution in [3.63, 3.8) is 0 Å². The molecule has 106 heavy (non-hydrogen) atoms. The van der Waals surface area contributed by atoms with Crippen molar-refractivity contribution in [1.82, 2.24) is 56.0 Å². The van der Waals surface area contributed by atoms with Crippen LogP contribution in [0.3, 0.4) is 0 Å². The maximum atomic E-state index is 12.0. The molecule has 0 aromatic rings. The Bertz CT molecular complexity index is 2000. The van der Waals surface area contributed by atoms with Crippen molar-refractivity contribution in [2.75, 3.05) is 132 Å². The molecule has 0 radical (unpaired) electrons. The molecule has 6 amide bonds. The molecule has 0 heterocycles. The maximum absolute atomic E-state index is 12.0. The van der Waals surface area contributed by atoms with Gasteiger partial charge in [0.1, 0.15) is 23.1 Å². The van der Waals surface area contributed by atoms with Gasteiger partial charge in [0.25, 0.3) is 0 Å². The fourth-order valence-electron chi connectivity index (χ4n) is 11.0. The highest BCUT2D eigenvalue weighted by atomic mass is 16.2. The van der Waals surface area contributed by atoms with Crippen LogP contribution in [0.15, 0.2) is 0 Å². The fourth-order valence-corrected chi connectivity index (χ4v) is 11.0. The van der Waals surface area contributed by atoms with E-state index in [0.717, 1.165) is 271 Å². The van der Waals surface area contributed by atoms with E-state index in [1.165, 1.54) is 0 Å². The number of nitrogens with one attached hydrogen (secondary N) is 5. The number of ketones is 4. The molecule has 0 fully saturated rings. The Kier molecular flexibility index (Phi) is 89.3. The summed E-state index contributed by atoms with van der Waals surface area (Å²) in [5.74, 6) is 2.37. The first-order chi connectivity index (χ1) is 50.6. The fraction of sp³-hybridized carbons (Fsp3) is 0.882. The van der Waals surface area contributed by atoms with Crippen molar-refractivity contribution < 1.29 is 47.9 Å². The van der Waals surface area contributed by atoms with Gasteiger partial charge in [-0.1, -0.05) is 123 Å². The van der Waals surface area contributed by atoms with E-state index in [0.29, 0.717) is 93.5 Å². The third-order valence-corrected chi connectivity index (χ3v) is 17.9. The van der Waals surface area contributed by atoms with Gasteiger partial charge in [-0.05, 0) is 203 Å². The number of Topliss-reactive ketones (excluding diaryl/α,β-unsaturated/α-hetero) is 4. The van der Waals surface area contributed by atoms with E-state index in [9.17, 15) is 47.9 Å². The van der Waals surface area contributed by atoms with E-state index in [1.54, 1.807) is 4.90 Å². The van der Waals surface area contributed by atoms with E-state index in [2.05, 4.69) is 155 Å². The Morgan fingerprint density at radius 3 is 0.811 bits per heavy atom. The minimum atomic E-state index is 0.0154. The van der Waals surface area contributed by atoms with Gasteiger partial charge in [0.2, 0.25) is 35.4 Å². The summed E-state index contributed by atoms with van der Waals surface area (Å²) >= 11 is 0. The van der Waals surface area contributed by atoms with E-state index in [1.807, 2.05) is 41.5 Å². The second-order valence-corrected chi connectivity index (χ2v) is 29.1.